The Labute approximate surface area is 365 Å². The molecule has 354 valence electrons. The number of rotatable bonds is 41. The number of carbonyl (C=O) groups is 1. The van der Waals surface area contributed by atoms with Crippen molar-refractivity contribution >= 4 is 5.91 Å². The van der Waals surface area contributed by atoms with Crippen molar-refractivity contribution in [2.24, 2.45) is 0 Å². The smallest absolute Gasteiger partial charge is 0.249 e. The van der Waals surface area contributed by atoms with Gasteiger partial charge in [0, 0.05) is 0 Å². The van der Waals surface area contributed by atoms with Crippen LogP contribution in [0.4, 0.5) is 0 Å². The topological polar surface area (TPSA) is 189 Å². The molecule has 0 saturated carbocycles. The quantitative estimate of drug-likeness (QED) is 0.0218. The van der Waals surface area contributed by atoms with E-state index in [1.54, 1.807) is 0 Å². The van der Waals surface area contributed by atoms with Gasteiger partial charge in [-0.2, -0.15) is 0 Å². The Hall–Kier alpha value is -1.41. The average Bonchev–Trinajstić information content (AvgIpc) is 3.25. The summed E-state index contributed by atoms with van der Waals surface area (Å²) in [5.41, 5.74) is 0. The summed E-state index contributed by atoms with van der Waals surface area (Å²) in [5, 5.41) is 75.6. The predicted molar refractivity (Wildman–Crippen MR) is 242 cm³/mol. The van der Waals surface area contributed by atoms with Crippen LogP contribution in [0.5, 0.6) is 0 Å². The van der Waals surface area contributed by atoms with Gasteiger partial charge in [0.1, 0.15) is 36.6 Å². The van der Waals surface area contributed by atoms with Gasteiger partial charge in [-0.1, -0.05) is 173 Å². The van der Waals surface area contributed by atoms with E-state index in [0.717, 1.165) is 38.5 Å². The molecule has 1 aliphatic heterocycles. The normalized spacial score (nSPS) is 21.8. The van der Waals surface area contributed by atoms with Crippen LogP contribution in [0, 0.1) is 0 Å². The second-order valence-electron chi connectivity index (χ2n) is 17.5. The Morgan fingerprint density at radius 3 is 1.43 bits per heavy atom. The van der Waals surface area contributed by atoms with Crippen molar-refractivity contribution in [2.75, 3.05) is 13.2 Å². The fourth-order valence-corrected chi connectivity index (χ4v) is 7.85. The molecule has 0 aromatic rings. The first-order chi connectivity index (χ1) is 29.2. The number of nitrogens with one attached hydrogen (secondary N) is 1. The number of ether oxygens (including phenoxy) is 2. The first kappa shape index (κ1) is 56.6. The van der Waals surface area contributed by atoms with Gasteiger partial charge in [0.05, 0.1) is 25.4 Å². The van der Waals surface area contributed by atoms with Crippen molar-refractivity contribution in [3.63, 3.8) is 0 Å². The zero-order valence-electron chi connectivity index (χ0n) is 38.2. The minimum Gasteiger partial charge on any atom is -0.394 e. The van der Waals surface area contributed by atoms with Gasteiger partial charge in [-0.05, 0) is 64.2 Å². The molecule has 11 nitrogen and oxygen atoms in total. The van der Waals surface area contributed by atoms with Crippen molar-refractivity contribution in [1.29, 1.82) is 0 Å². The number of aliphatic hydroxyl groups excluding tert-OH is 7. The van der Waals surface area contributed by atoms with Crippen molar-refractivity contribution in [3.05, 3.63) is 24.3 Å². The van der Waals surface area contributed by atoms with Gasteiger partial charge in [0.15, 0.2) is 6.29 Å². The standard InChI is InChI=1S/C49H93NO10/c1-3-5-7-9-11-13-15-17-18-19-20-21-22-23-24-25-27-28-30-32-34-36-41(52)44(54)40(39-59-49-47(57)46(56)45(55)43(38-51)60-49)50-48(58)42(53)37-35-33-31-29-26-16-14-12-10-8-6-4-2/h26,28-30,40-47,49,51-57H,3-25,27,31-39H2,1-2H3,(H,50,58)/b29-26-,30-28+. The molecule has 1 aliphatic rings. The van der Waals surface area contributed by atoms with Crippen LogP contribution < -0.4 is 5.32 Å². The van der Waals surface area contributed by atoms with Gasteiger partial charge in [-0.25, -0.2) is 0 Å². The minimum absolute atomic E-state index is 0.224. The Morgan fingerprint density at radius 1 is 0.567 bits per heavy atom. The van der Waals surface area contributed by atoms with Gasteiger partial charge >= 0.3 is 0 Å². The number of allylic oxidation sites excluding steroid dienone is 4. The van der Waals surface area contributed by atoms with Crippen molar-refractivity contribution in [2.45, 2.75) is 268 Å². The molecular formula is C49H93NO10. The number of hydrogen-bond acceptors (Lipinski definition) is 10. The first-order valence-electron chi connectivity index (χ1n) is 24.7. The third kappa shape index (κ3) is 28.3. The van der Waals surface area contributed by atoms with E-state index in [1.165, 1.54) is 135 Å². The molecule has 0 radical (unpaired) electrons. The Kier molecular flexibility index (Phi) is 37.0. The lowest BCUT2D eigenvalue weighted by Crippen LogP contribution is -2.60. The first-order valence-corrected chi connectivity index (χ1v) is 24.7. The predicted octanol–water partition coefficient (Wildman–Crippen LogP) is 8.62. The molecule has 0 spiro atoms. The SMILES string of the molecule is CCCCCCCC/C=C\CCCCC(O)C(=O)NC(COC1OC(CO)C(O)C(O)C1O)C(O)C(O)CCC/C=C/CCCCCCCCCCCCCCCCCC. The number of aliphatic hydroxyl groups is 7. The molecule has 1 amide bonds. The second-order valence-corrected chi connectivity index (χ2v) is 17.5. The molecule has 9 unspecified atom stereocenters. The summed E-state index contributed by atoms with van der Waals surface area (Å²) in [6.45, 7) is 3.41. The number of unbranched alkanes of at least 4 members (excludes halogenated alkanes) is 25. The van der Waals surface area contributed by atoms with Crippen LogP contribution in [0.2, 0.25) is 0 Å². The highest BCUT2D eigenvalue weighted by Crippen LogP contribution is 2.23. The highest BCUT2D eigenvalue weighted by Gasteiger charge is 2.44. The Bertz CT molecular complexity index is 1030. The summed E-state index contributed by atoms with van der Waals surface area (Å²) in [7, 11) is 0. The molecule has 1 fully saturated rings. The molecular weight excluding hydrogens is 763 g/mol. The molecule has 1 heterocycles. The molecule has 8 N–H and O–H groups in total. The van der Waals surface area contributed by atoms with Gasteiger partial charge in [-0.15, -0.1) is 0 Å². The summed E-state index contributed by atoms with van der Waals surface area (Å²) in [4.78, 5) is 13.1. The Morgan fingerprint density at radius 2 is 0.983 bits per heavy atom. The van der Waals surface area contributed by atoms with Crippen LogP contribution in [0.25, 0.3) is 0 Å². The largest absolute Gasteiger partial charge is 0.394 e. The van der Waals surface area contributed by atoms with Crippen LogP contribution in [0.3, 0.4) is 0 Å². The lowest BCUT2D eigenvalue weighted by Gasteiger charge is -2.40. The monoisotopic (exact) mass is 856 g/mol. The maximum Gasteiger partial charge on any atom is 0.249 e. The van der Waals surface area contributed by atoms with Crippen molar-refractivity contribution in [3.8, 4) is 0 Å². The van der Waals surface area contributed by atoms with E-state index in [2.05, 4.69) is 43.5 Å². The maximum atomic E-state index is 13.1. The van der Waals surface area contributed by atoms with Gasteiger partial charge in [0.2, 0.25) is 5.91 Å². The fraction of sp³-hybridized carbons (Fsp3) is 0.898. The van der Waals surface area contributed by atoms with E-state index in [-0.39, 0.29) is 12.8 Å². The van der Waals surface area contributed by atoms with Crippen molar-refractivity contribution in [1.82, 2.24) is 5.32 Å². The fourth-order valence-electron chi connectivity index (χ4n) is 7.85. The lowest BCUT2D eigenvalue weighted by molar-refractivity contribution is -0.303. The van der Waals surface area contributed by atoms with Crippen LogP contribution in [-0.4, -0.2) is 110 Å². The van der Waals surface area contributed by atoms with Crippen LogP contribution in [-0.2, 0) is 14.3 Å². The molecule has 1 saturated heterocycles. The molecule has 1 rings (SSSR count). The van der Waals surface area contributed by atoms with Gasteiger partial charge in [-0.3, -0.25) is 4.79 Å². The minimum atomic E-state index is -1.67. The Balaban J connectivity index is 2.42. The van der Waals surface area contributed by atoms with E-state index >= 15 is 0 Å². The summed E-state index contributed by atoms with van der Waals surface area (Å²) in [5.74, 6) is -0.723. The third-order valence-electron chi connectivity index (χ3n) is 12.0. The third-order valence-corrected chi connectivity index (χ3v) is 12.0. The molecule has 0 bridgehead atoms. The van der Waals surface area contributed by atoms with Crippen LogP contribution in [0.15, 0.2) is 24.3 Å². The van der Waals surface area contributed by atoms with Gasteiger partial charge in [0.25, 0.3) is 0 Å². The molecule has 11 heteroatoms. The number of hydrogen-bond donors (Lipinski definition) is 8. The number of amides is 1. The highest BCUT2D eigenvalue weighted by atomic mass is 16.7. The van der Waals surface area contributed by atoms with Crippen molar-refractivity contribution < 1.29 is 50.0 Å². The number of carbonyl (C=O) groups excluding carboxylic acids is 1. The summed E-state index contributed by atoms with van der Waals surface area (Å²) >= 11 is 0. The van der Waals surface area contributed by atoms with E-state index in [4.69, 9.17) is 9.47 Å². The van der Waals surface area contributed by atoms with E-state index in [9.17, 15) is 40.5 Å². The summed E-state index contributed by atoms with van der Waals surface area (Å²) in [6.07, 6.45) is 32.4. The summed E-state index contributed by atoms with van der Waals surface area (Å²) < 4.78 is 11.1. The maximum absolute atomic E-state index is 13.1. The van der Waals surface area contributed by atoms with E-state index in [0.29, 0.717) is 12.8 Å². The highest BCUT2D eigenvalue weighted by molar-refractivity contribution is 5.80. The molecule has 0 aromatic heterocycles. The van der Waals surface area contributed by atoms with E-state index < -0.39 is 74.2 Å². The summed E-state index contributed by atoms with van der Waals surface area (Å²) in [6, 6.07) is -1.19. The van der Waals surface area contributed by atoms with Crippen LogP contribution >= 0.6 is 0 Å². The molecule has 9 atom stereocenters. The van der Waals surface area contributed by atoms with E-state index in [1.807, 2.05) is 0 Å². The van der Waals surface area contributed by atoms with Crippen LogP contribution in [0.1, 0.15) is 213 Å². The second kappa shape index (κ2) is 39.2. The molecule has 0 aromatic carbocycles. The van der Waals surface area contributed by atoms with Gasteiger partial charge < -0.3 is 50.5 Å². The molecule has 0 aliphatic carbocycles. The zero-order chi connectivity index (χ0) is 44.1. The zero-order valence-corrected chi connectivity index (χ0v) is 38.2. The molecule has 60 heavy (non-hydrogen) atoms. The average molecular weight is 856 g/mol. The lowest BCUT2D eigenvalue weighted by atomic mass is 9.98.